The molecule has 6 heteroatoms. The average Bonchev–Trinajstić information content (AvgIpc) is 2.67. The van der Waals surface area contributed by atoms with Crippen LogP contribution in [0, 0.1) is 0 Å². The molecule has 25 heavy (non-hydrogen) atoms. The van der Waals surface area contributed by atoms with Gasteiger partial charge in [0.15, 0.2) is 0 Å². The van der Waals surface area contributed by atoms with Crippen LogP contribution in [0.25, 0.3) is 0 Å². The minimum absolute atomic E-state index is 0.642. The van der Waals surface area contributed by atoms with Gasteiger partial charge >= 0.3 is 0 Å². The summed E-state index contributed by atoms with van der Waals surface area (Å²) in [6, 6.07) is 6.22. The molecule has 6 nitrogen and oxygen atoms in total. The average molecular weight is 341 g/mol. The number of likely N-dealkylation sites (N-methyl/N-ethyl adjacent to an activating group) is 1. The fraction of sp³-hybridized carbons (Fsp3) is 0.474. The molecular weight excluding hydrogens is 314 g/mol. The van der Waals surface area contributed by atoms with Crippen LogP contribution in [0.15, 0.2) is 36.8 Å². The topological polar surface area (TPSA) is 53.5 Å². The third-order valence-corrected chi connectivity index (χ3v) is 4.47. The second-order valence-electron chi connectivity index (χ2n) is 6.14. The molecule has 0 atom stereocenters. The molecule has 0 saturated carbocycles. The number of anilines is 2. The molecule has 1 fully saturated rings. The summed E-state index contributed by atoms with van der Waals surface area (Å²) in [5.41, 5.74) is 2.10. The van der Waals surface area contributed by atoms with Crippen LogP contribution in [0.5, 0.6) is 5.75 Å². The molecule has 0 radical (unpaired) electrons. The lowest BCUT2D eigenvalue weighted by atomic mass is 10.2. The van der Waals surface area contributed by atoms with Gasteiger partial charge in [0.25, 0.3) is 0 Å². The number of piperazine rings is 1. The molecule has 1 aliphatic heterocycles. The maximum absolute atomic E-state index is 5.47. The molecule has 1 N–H and O–H groups in total. The maximum Gasteiger partial charge on any atom is 0.139 e. The SMILES string of the molecule is CCOc1cncc(NCc2ccc(N3CCN(CC)CC3)nc2)c1. The van der Waals surface area contributed by atoms with Gasteiger partial charge in [-0.1, -0.05) is 13.0 Å². The highest BCUT2D eigenvalue weighted by Gasteiger charge is 2.16. The molecule has 1 aliphatic rings. The van der Waals surface area contributed by atoms with Crippen molar-refractivity contribution in [2.75, 3.05) is 49.5 Å². The van der Waals surface area contributed by atoms with Crippen molar-refractivity contribution in [1.82, 2.24) is 14.9 Å². The molecule has 2 aromatic heterocycles. The molecule has 0 bridgehead atoms. The minimum Gasteiger partial charge on any atom is -0.492 e. The van der Waals surface area contributed by atoms with Gasteiger partial charge in [0, 0.05) is 45.0 Å². The van der Waals surface area contributed by atoms with Crippen LogP contribution in [0.3, 0.4) is 0 Å². The van der Waals surface area contributed by atoms with E-state index in [9.17, 15) is 0 Å². The molecule has 3 rings (SSSR count). The van der Waals surface area contributed by atoms with Gasteiger partial charge in [-0.15, -0.1) is 0 Å². The van der Waals surface area contributed by atoms with E-state index >= 15 is 0 Å². The Morgan fingerprint density at radius 3 is 2.60 bits per heavy atom. The van der Waals surface area contributed by atoms with Gasteiger partial charge in [-0.2, -0.15) is 0 Å². The van der Waals surface area contributed by atoms with Crippen LogP contribution >= 0.6 is 0 Å². The highest BCUT2D eigenvalue weighted by molar-refractivity contribution is 5.46. The van der Waals surface area contributed by atoms with E-state index in [1.165, 1.54) is 0 Å². The lowest BCUT2D eigenvalue weighted by Gasteiger charge is -2.34. The van der Waals surface area contributed by atoms with Gasteiger partial charge < -0.3 is 19.9 Å². The number of nitrogens with zero attached hydrogens (tertiary/aromatic N) is 4. The Hall–Kier alpha value is -2.34. The number of aromatic nitrogens is 2. The van der Waals surface area contributed by atoms with E-state index < -0.39 is 0 Å². The Morgan fingerprint density at radius 2 is 1.92 bits per heavy atom. The lowest BCUT2D eigenvalue weighted by Crippen LogP contribution is -2.46. The normalized spacial score (nSPS) is 15.2. The van der Waals surface area contributed by atoms with Crippen LogP contribution in [-0.4, -0.2) is 54.2 Å². The Bertz CT molecular complexity index is 653. The third kappa shape index (κ3) is 4.82. The highest BCUT2D eigenvalue weighted by atomic mass is 16.5. The van der Waals surface area contributed by atoms with E-state index in [2.05, 4.69) is 44.1 Å². The van der Waals surface area contributed by atoms with Crippen LogP contribution in [0.1, 0.15) is 19.4 Å². The first-order valence-electron chi connectivity index (χ1n) is 9.02. The smallest absolute Gasteiger partial charge is 0.139 e. The molecule has 3 heterocycles. The van der Waals surface area contributed by atoms with Crippen LogP contribution < -0.4 is 15.0 Å². The van der Waals surface area contributed by atoms with E-state index in [4.69, 9.17) is 4.74 Å². The van der Waals surface area contributed by atoms with Gasteiger partial charge in [0.1, 0.15) is 11.6 Å². The number of hydrogen-bond donors (Lipinski definition) is 1. The fourth-order valence-electron chi connectivity index (χ4n) is 2.97. The van der Waals surface area contributed by atoms with E-state index in [0.29, 0.717) is 13.2 Å². The van der Waals surface area contributed by atoms with Gasteiger partial charge in [0.05, 0.1) is 24.7 Å². The number of hydrogen-bond acceptors (Lipinski definition) is 6. The Balaban J connectivity index is 1.53. The maximum atomic E-state index is 5.47. The van der Waals surface area contributed by atoms with Crippen molar-refractivity contribution >= 4 is 11.5 Å². The molecule has 1 saturated heterocycles. The van der Waals surface area contributed by atoms with E-state index in [-0.39, 0.29) is 0 Å². The fourth-order valence-corrected chi connectivity index (χ4v) is 2.97. The van der Waals surface area contributed by atoms with E-state index in [1.807, 2.05) is 19.2 Å². The van der Waals surface area contributed by atoms with Gasteiger partial charge in [-0.25, -0.2) is 4.98 Å². The zero-order chi connectivity index (χ0) is 17.5. The molecule has 0 aromatic carbocycles. The summed E-state index contributed by atoms with van der Waals surface area (Å²) in [5, 5.41) is 3.37. The van der Waals surface area contributed by atoms with Crippen LogP contribution in [-0.2, 0) is 6.54 Å². The Labute approximate surface area is 149 Å². The Kier molecular flexibility index (Phi) is 6.06. The van der Waals surface area contributed by atoms with E-state index in [0.717, 1.165) is 55.5 Å². The standard InChI is InChI=1S/C19H27N5O/c1-3-23-7-9-24(10-8-23)19-6-5-16(13-22-19)12-21-17-11-18(25-4-2)15-20-14-17/h5-6,11,13-15,21H,3-4,7-10,12H2,1-2H3. The van der Waals surface area contributed by atoms with Gasteiger partial charge in [0.2, 0.25) is 0 Å². The molecule has 0 unspecified atom stereocenters. The first kappa shape index (κ1) is 17.5. The lowest BCUT2D eigenvalue weighted by molar-refractivity contribution is 0.270. The van der Waals surface area contributed by atoms with E-state index in [1.54, 1.807) is 12.4 Å². The summed E-state index contributed by atoms with van der Waals surface area (Å²) in [6.45, 7) is 11.0. The molecule has 2 aromatic rings. The molecular formula is C19H27N5O. The predicted octanol–water partition coefficient (Wildman–Crippen LogP) is 2.63. The van der Waals surface area contributed by atoms with Crippen molar-refractivity contribution in [3.8, 4) is 5.75 Å². The first-order valence-corrected chi connectivity index (χ1v) is 9.02. The van der Waals surface area contributed by atoms with Crippen molar-refractivity contribution < 1.29 is 4.74 Å². The third-order valence-electron chi connectivity index (χ3n) is 4.47. The second kappa shape index (κ2) is 8.67. The molecule has 134 valence electrons. The summed E-state index contributed by atoms with van der Waals surface area (Å²) in [5.74, 6) is 1.85. The quantitative estimate of drug-likeness (QED) is 0.835. The second-order valence-corrected chi connectivity index (χ2v) is 6.14. The van der Waals surface area contributed by atoms with Crippen LogP contribution in [0.2, 0.25) is 0 Å². The summed E-state index contributed by atoms with van der Waals surface area (Å²) in [7, 11) is 0. The van der Waals surface area contributed by atoms with Gasteiger partial charge in [-0.3, -0.25) is 4.98 Å². The Morgan fingerprint density at radius 1 is 1.08 bits per heavy atom. The number of nitrogens with one attached hydrogen (secondary N) is 1. The molecule has 0 amide bonds. The summed E-state index contributed by atoms with van der Waals surface area (Å²) in [6.07, 6.45) is 5.48. The highest BCUT2D eigenvalue weighted by Crippen LogP contribution is 2.17. The van der Waals surface area contributed by atoms with Crippen molar-refractivity contribution in [3.63, 3.8) is 0 Å². The summed E-state index contributed by atoms with van der Waals surface area (Å²) in [4.78, 5) is 13.7. The van der Waals surface area contributed by atoms with Crippen molar-refractivity contribution in [2.24, 2.45) is 0 Å². The first-order chi connectivity index (χ1) is 12.3. The molecule has 0 aliphatic carbocycles. The van der Waals surface area contributed by atoms with Crippen molar-refractivity contribution in [1.29, 1.82) is 0 Å². The van der Waals surface area contributed by atoms with Crippen molar-refractivity contribution in [3.05, 3.63) is 42.4 Å². The van der Waals surface area contributed by atoms with Crippen molar-refractivity contribution in [2.45, 2.75) is 20.4 Å². The minimum atomic E-state index is 0.642. The number of rotatable bonds is 7. The monoisotopic (exact) mass is 341 g/mol. The van der Waals surface area contributed by atoms with Gasteiger partial charge in [-0.05, 0) is 25.1 Å². The largest absolute Gasteiger partial charge is 0.492 e. The zero-order valence-corrected chi connectivity index (χ0v) is 15.1. The van der Waals surface area contributed by atoms with Crippen LogP contribution in [0.4, 0.5) is 11.5 Å². The number of ether oxygens (including phenoxy) is 1. The number of pyridine rings is 2. The molecule has 0 spiro atoms. The zero-order valence-electron chi connectivity index (χ0n) is 15.1. The summed E-state index contributed by atoms with van der Waals surface area (Å²) < 4.78 is 5.47. The summed E-state index contributed by atoms with van der Waals surface area (Å²) >= 11 is 0. The predicted molar refractivity (Wildman–Crippen MR) is 101 cm³/mol.